The van der Waals surface area contributed by atoms with E-state index in [0.717, 1.165) is 50.6 Å². The van der Waals surface area contributed by atoms with Crippen LogP contribution in [0.15, 0.2) is 36.8 Å². The highest BCUT2D eigenvalue weighted by Gasteiger charge is 2.27. The van der Waals surface area contributed by atoms with E-state index in [1.54, 1.807) is 12.4 Å². The molecule has 0 unspecified atom stereocenters. The third-order valence-electron chi connectivity index (χ3n) is 5.42. The van der Waals surface area contributed by atoms with Gasteiger partial charge in [0.15, 0.2) is 0 Å². The van der Waals surface area contributed by atoms with Crippen LogP contribution in [-0.2, 0) is 6.54 Å². The van der Waals surface area contributed by atoms with Crippen molar-refractivity contribution in [1.82, 2.24) is 19.7 Å². The maximum Gasteiger partial charge on any atom is 0.255 e. The molecule has 138 valence electrons. The van der Waals surface area contributed by atoms with Gasteiger partial charge in [0.25, 0.3) is 5.91 Å². The summed E-state index contributed by atoms with van der Waals surface area (Å²) in [5.74, 6) is 1.78. The van der Waals surface area contributed by atoms with E-state index in [4.69, 9.17) is 0 Å². The Balaban J connectivity index is 1.37. The van der Waals surface area contributed by atoms with E-state index in [9.17, 15) is 4.79 Å². The van der Waals surface area contributed by atoms with E-state index in [-0.39, 0.29) is 11.9 Å². The van der Waals surface area contributed by atoms with Gasteiger partial charge in [-0.3, -0.25) is 9.48 Å². The van der Waals surface area contributed by atoms with Gasteiger partial charge in [-0.25, -0.2) is 4.98 Å². The SMILES string of the molecule is O=C(c1ccc(NCC2CC2)nc1)N1CCCC[C@H]1CCn1cccn1. The fourth-order valence-electron chi connectivity index (χ4n) is 3.64. The van der Waals surface area contributed by atoms with Gasteiger partial charge < -0.3 is 10.2 Å². The number of hydrogen-bond acceptors (Lipinski definition) is 4. The molecule has 6 heteroatoms. The van der Waals surface area contributed by atoms with Crippen LogP contribution < -0.4 is 5.32 Å². The minimum Gasteiger partial charge on any atom is -0.370 e. The molecule has 4 rings (SSSR count). The maximum absolute atomic E-state index is 13.0. The van der Waals surface area contributed by atoms with Crippen molar-refractivity contribution in [3.05, 3.63) is 42.4 Å². The van der Waals surface area contributed by atoms with Gasteiger partial charge in [-0.15, -0.1) is 0 Å². The number of hydrogen-bond donors (Lipinski definition) is 1. The van der Waals surface area contributed by atoms with Crippen LogP contribution in [0.25, 0.3) is 0 Å². The third-order valence-corrected chi connectivity index (χ3v) is 5.42. The molecule has 2 fully saturated rings. The normalized spacial score (nSPS) is 20.2. The minimum atomic E-state index is 0.108. The van der Waals surface area contributed by atoms with Crippen molar-refractivity contribution in [2.24, 2.45) is 5.92 Å². The molecule has 2 aromatic heterocycles. The van der Waals surface area contributed by atoms with Gasteiger partial charge in [-0.05, 0) is 62.6 Å². The molecule has 1 N–H and O–H groups in total. The lowest BCUT2D eigenvalue weighted by atomic mass is 9.98. The maximum atomic E-state index is 13.0. The van der Waals surface area contributed by atoms with Crippen LogP contribution in [0.1, 0.15) is 48.9 Å². The fraction of sp³-hybridized carbons (Fsp3) is 0.550. The quantitative estimate of drug-likeness (QED) is 0.830. The Hall–Kier alpha value is -2.37. The molecule has 0 radical (unpaired) electrons. The first-order valence-corrected chi connectivity index (χ1v) is 9.78. The number of amides is 1. The van der Waals surface area contributed by atoms with Crippen LogP contribution in [0.5, 0.6) is 0 Å². The van der Waals surface area contributed by atoms with Gasteiger partial charge in [-0.2, -0.15) is 5.10 Å². The van der Waals surface area contributed by atoms with Gasteiger partial charge >= 0.3 is 0 Å². The summed E-state index contributed by atoms with van der Waals surface area (Å²) in [7, 11) is 0. The van der Waals surface area contributed by atoms with Crippen LogP contribution >= 0.6 is 0 Å². The first-order valence-electron chi connectivity index (χ1n) is 9.78. The minimum absolute atomic E-state index is 0.108. The second-order valence-corrected chi connectivity index (χ2v) is 7.46. The molecular formula is C20H27N5O. The molecule has 1 aliphatic heterocycles. The van der Waals surface area contributed by atoms with Gasteiger partial charge in [0.1, 0.15) is 5.82 Å². The molecule has 3 heterocycles. The van der Waals surface area contributed by atoms with Crippen LogP contribution in [-0.4, -0.2) is 44.7 Å². The number of aryl methyl sites for hydroxylation is 1. The van der Waals surface area contributed by atoms with Crippen molar-refractivity contribution < 1.29 is 4.79 Å². The zero-order valence-corrected chi connectivity index (χ0v) is 15.2. The highest BCUT2D eigenvalue weighted by atomic mass is 16.2. The zero-order valence-electron chi connectivity index (χ0n) is 15.2. The first kappa shape index (κ1) is 17.1. The number of rotatable bonds is 7. The molecular weight excluding hydrogens is 326 g/mol. The smallest absolute Gasteiger partial charge is 0.255 e. The number of piperidine rings is 1. The Morgan fingerprint density at radius 1 is 1.23 bits per heavy atom. The van der Waals surface area contributed by atoms with Gasteiger partial charge in [-0.1, -0.05) is 0 Å². The van der Waals surface area contributed by atoms with Crippen molar-refractivity contribution in [2.75, 3.05) is 18.4 Å². The predicted octanol–water partition coefficient (Wildman–Crippen LogP) is 3.19. The fourth-order valence-corrected chi connectivity index (χ4v) is 3.64. The average molecular weight is 353 g/mol. The summed E-state index contributed by atoms with van der Waals surface area (Å²) in [6, 6.07) is 6.06. The summed E-state index contributed by atoms with van der Waals surface area (Å²) < 4.78 is 1.94. The molecule has 6 nitrogen and oxygen atoms in total. The molecule has 26 heavy (non-hydrogen) atoms. The summed E-state index contributed by atoms with van der Waals surface area (Å²) >= 11 is 0. The average Bonchev–Trinajstić information content (AvgIpc) is 3.38. The molecule has 2 aliphatic rings. The molecule has 1 atom stereocenters. The lowest BCUT2D eigenvalue weighted by Gasteiger charge is -2.36. The lowest BCUT2D eigenvalue weighted by Crippen LogP contribution is -2.44. The number of anilines is 1. The summed E-state index contributed by atoms with van der Waals surface area (Å²) in [4.78, 5) is 19.5. The van der Waals surface area contributed by atoms with E-state index in [1.165, 1.54) is 19.3 Å². The van der Waals surface area contributed by atoms with Gasteiger partial charge in [0, 0.05) is 44.3 Å². The summed E-state index contributed by atoms with van der Waals surface area (Å²) in [5, 5.41) is 7.62. The summed E-state index contributed by atoms with van der Waals surface area (Å²) in [5.41, 5.74) is 0.688. The Morgan fingerprint density at radius 3 is 2.88 bits per heavy atom. The molecule has 1 saturated heterocycles. The van der Waals surface area contributed by atoms with Crippen molar-refractivity contribution in [2.45, 2.75) is 51.1 Å². The van der Waals surface area contributed by atoms with Crippen LogP contribution in [0, 0.1) is 5.92 Å². The monoisotopic (exact) mass is 353 g/mol. The third kappa shape index (κ3) is 4.23. The number of pyridine rings is 1. The van der Waals surface area contributed by atoms with Crippen LogP contribution in [0.3, 0.4) is 0 Å². The molecule has 0 spiro atoms. The molecule has 0 aromatic carbocycles. The van der Waals surface area contributed by atoms with E-state index in [0.29, 0.717) is 5.56 Å². The summed E-state index contributed by atoms with van der Waals surface area (Å²) in [6.07, 6.45) is 12.4. The molecule has 0 bridgehead atoms. The number of nitrogens with zero attached hydrogens (tertiary/aromatic N) is 4. The standard InChI is InChI=1S/C20H27N5O/c26-20(17-7-8-19(22-15-17)21-14-16-5-6-16)25-12-2-1-4-18(25)9-13-24-11-3-10-23-24/h3,7-8,10-11,15-16,18H,1-2,4-6,9,12-14H2,(H,21,22)/t18-/m0/s1. The second kappa shape index (κ2) is 7.89. The van der Waals surface area contributed by atoms with Gasteiger partial charge in [0.2, 0.25) is 0 Å². The Labute approximate surface area is 154 Å². The Bertz CT molecular complexity index is 708. The molecule has 1 aliphatic carbocycles. The molecule has 1 saturated carbocycles. The Kier molecular flexibility index (Phi) is 5.18. The largest absolute Gasteiger partial charge is 0.370 e. The summed E-state index contributed by atoms with van der Waals surface area (Å²) in [6.45, 7) is 2.68. The zero-order chi connectivity index (χ0) is 17.8. The van der Waals surface area contributed by atoms with E-state index in [1.807, 2.05) is 34.0 Å². The molecule has 2 aromatic rings. The lowest BCUT2D eigenvalue weighted by molar-refractivity contribution is 0.0593. The number of carbonyl (C=O) groups excluding carboxylic acids is 1. The number of likely N-dealkylation sites (tertiary alicyclic amines) is 1. The Morgan fingerprint density at radius 2 is 2.15 bits per heavy atom. The number of nitrogens with one attached hydrogen (secondary N) is 1. The predicted molar refractivity (Wildman–Crippen MR) is 101 cm³/mol. The highest BCUT2D eigenvalue weighted by molar-refractivity contribution is 5.94. The van der Waals surface area contributed by atoms with Crippen LogP contribution in [0.2, 0.25) is 0 Å². The van der Waals surface area contributed by atoms with Crippen molar-refractivity contribution >= 4 is 11.7 Å². The van der Waals surface area contributed by atoms with Crippen molar-refractivity contribution in [3.63, 3.8) is 0 Å². The van der Waals surface area contributed by atoms with Crippen molar-refractivity contribution in [1.29, 1.82) is 0 Å². The first-order chi connectivity index (χ1) is 12.8. The van der Waals surface area contributed by atoms with Crippen molar-refractivity contribution in [3.8, 4) is 0 Å². The highest BCUT2D eigenvalue weighted by Crippen LogP contribution is 2.28. The molecule has 1 amide bonds. The van der Waals surface area contributed by atoms with E-state index >= 15 is 0 Å². The van der Waals surface area contributed by atoms with Gasteiger partial charge in [0.05, 0.1) is 5.56 Å². The number of carbonyl (C=O) groups is 1. The van der Waals surface area contributed by atoms with Crippen LogP contribution in [0.4, 0.5) is 5.82 Å². The second-order valence-electron chi connectivity index (χ2n) is 7.46. The van der Waals surface area contributed by atoms with E-state index in [2.05, 4.69) is 15.4 Å². The number of aromatic nitrogens is 3. The van der Waals surface area contributed by atoms with E-state index < -0.39 is 0 Å². The topological polar surface area (TPSA) is 63.1 Å².